The highest BCUT2D eigenvalue weighted by Crippen LogP contribution is 2.25. The van der Waals surface area contributed by atoms with Crippen LogP contribution in [-0.2, 0) is 6.61 Å². The van der Waals surface area contributed by atoms with Crippen LogP contribution in [0.1, 0.15) is 22.3 Å². The molecule has 3 aromatic carbocycles. The van der Waals surface area contributed by atoms with Gasteiger partial charge in [-0.25, -0.2) is 0 Å². The Bertz CT molecular complexity index is 951. The second kappa shape index (κ2) is 8.38. The van der Waals surface area contributed by atoms with Crippen LogP contribution < -0.4 is 4.74 Å². The summed E-state index contributed by atoms with van der Waals surface area (Å²) in [5.41, 5.74) is 4.55. The lowest BCUT2D eigenvalue weighted by Crippen LogP contribution is -1.95. The number of hydrogen-bond donors (Lipinski definition) is 0. The van der Waals surface area contributed by atoms with Gasteiger partial charge in [0.1, 0.15) is 12.4 Å². The molecule has 3 heteroatoms. The highest BCUT2D eigenvalue weighted by Gasteiger charge is 2.05. The van der Waals surface area contributed by atoms with Crippen molar-refractivity contribution in [2.24, 2.45) is 0 Å². The van der Waals surface area contributed by atoms with Crippen molar-refractivity contribution in [2.75, 3.05) is 0 Å². The third kappa shape index (κ3) is 4.53. The zero-order chi connectivity index (χ0) is 18.4. The predicted molar refractivity (Wildman–Crippen MR) is 107 cm³/mol. The molecular formula is C23H18ClNO. The van der Waals surface area contributed by atoms with Gasteiger partial charge < -0.3 is 4.74 Å². The Hall–Kier alpha value is -3.02. The van der Waals surface area contributed by atoms with E-state index in [2.05, 4.69) is 37.3 Å². The largest absolute Gasteiger partial charge is 0.489 e. The summed E-state index contributed by atoms with van der Waals surface area (Å²) in [6, 6.07) is 25.5. The third-order valence-electron chi connectivity index (χ3n) is 4.00. The molecule has 0 atom stereocenters. The van der Waals surface area contributed by atoms with Crippen LogP contribution >= 0.6 is 11.6 Å². The number of allylic oxidation sites excluding steroid dienone is 1. The molecule has 0 amide bonds. The number of hydrogen-bond acceptors (Lipinski definition) is 2. The number of aryl methyl sites for hydroxylation is 1. The predicted octanol–water partition coefficient (Wildman–Crippen LogP) is 6.29. The molecule has 3 aromatic rings. The van der Waals surface area contributed by atoms with Gasteiger partial charge in [-0.1, -0.05) is 71.8 Å². The maximum absolute atomic E-state index is 9.45. The summed E-state index contributed by atoms with van der Waals surface area (Å²) < 4.78 is 5.82. The first-order chi connectivity index (χ1) is 12.7. The number of benzene rings is 3. The van der Waals surface area contributed by atoms with E-state index in [-0.39, 0.29) is 0 Å². The Morgan fingerprint density at radius 2 is 1.69 bits per heavy atom. The van der Waals surface area contributed by atoms with E-state index >= 15 is 0 Å². The number of rotatable bonds is 5. The molecule has 26 heavy (non-hydrogen) atoms. The van der Waals surface area contributed by atoms with Crippen molar-refractivity contribution in [3.8, 4) is 11.8 Å². The van der Waals surface area contributed by atoms with E-state index in [1.165, 1.54) is 5.56 Å². The molecule has 0 spiro atoms. The molecule has 2 nitrogen and oxygen atoms in total. The molecule has 0 aliphatic carbocycles. The van der Waals surface area contributed by atoms with Gasteiger partial charge in [0.15, 0.2) is 0 Å². The standard InChI is InChI=1S/C23H18ClNO/c1-17-6-8-19(9-7-17)16-26-21-12-10-18(11-13-21)14-20(15-25)22-4-2-3-5-23(22)24/h2-14H,16H2,1H3. The third-order valence-corrected chi connectivity index (χ3v) is 4.33. The fourth-order valence-corrected chi connectivity index (χ4v) is 2.77. The van der Waals surface area contributed by atoms with Crippen LogP contribution in [0.4, 0.5) is 0 Å². The van der Waals surface area contributed by atoms with Crippen molar-refractivity contribution in [1.82, 2.24) is 0 Å². The monoisotopic (exact) mass is 359 g/mol. The van der Waals surface area contributed by atoms with E-state index in [9.17, 15) is 5.26 Å². The van der Waals surface area contributed by atoms with E-state index in [4.69, 9.17) is 16.3 Å². The van der Waals surface area contributed by atoms with Crippen LogP contribution in [0, 0.1) is 18.3 Å². The average molecular weight is 360 g/mol. The first-order valence-electron chi connectivity index (χ1n) is 8.31. The van der Waals surface area contributed by atoms with Crippen molar-refractivity contribution < 1.29 is 4.74 Å². The maximum Gasteiger partial charge on any atom is 0.119 e. The van der Waals surface area contributed by atoms with Crippen LogP contribution in [0.3, 0.4) is 0 Å². The van der Waals surface area contributed by atoms with Crippen molar-refractivity contribution in [3.05, 3.63) is 100 Å². The minimum absolute atomic E-state index is 0.526. The minimum atomic E-state index is 0.526. The first kappa shape index (κ1) is 17.8. The number of ether oxygens (including phenoxy) is 1. The molecule has 0 heterocycles. The molecule has 0 saturated carbocycles. The van der Waals surface area contributed by atoms with Crippen LogP contribution in [0.2, 0.25) is 5.02 Å². The van der Waals surface area contributed by atoms with E-state index in [1.807, 2.05) is 48.5 Å². The lowest BCUT2D eigenvalue weighted by molar-refractivity contribution is 0.306. The molecule has 0 fully saturated rings. The molecule has 0 radical (unpaired) electrons. The lowest BCUT2D eigenvalue weighted by atomic mass is 10.0. The summed E-state index contributed by atoms with van der Waals surface area (Å²) in [5, 5.41) is 10.0. The molecule has 0 bridgehead atoms. The fraction of sp³-hybridized carbons (Fsp3) is 0.0870. The molecule has 0 N–H and O–H groups in total. The van der Waals surface area contributed by atoms with Crippen molar-refractivity contribution >= 4 is 23.3 Å². The van der Waals surface area contributed by atoms with Gasteiger partial charge in [-0.05, 0) is 42.3 Å². The topological polar surface area (TPSA) is 33.0 Å². The van der Waals surface area contributed by atoms with E-state index in [1.54, 1.807) is 6.07 Å². The van der Waals surface area contributed by atoms with Gasteiger partial charge in [-0.3, -0.25) is 0 Å². The number of nitrogens with zero attached hydrogens (tertiary/aromatic N) is 1. The van der Waals surface area contributed by atoms with Gasteiger partial charge in [-0.15, -0.1) is 0 Å². The summed E-state index contributed by atoms with van der Waals surface area (Å²) in [4.78, 5) is 0. The summed E-state index contributed by atoms with van der Waals surface area (Å²) in [7, 11) is 0. The van der Waals surface area contributed by atoms with Crippen LogP contribution in [0.15, 0.2) is 72.8 Å². The minimum Gasteiger partial charge on any atom is -0.489 e. The second-order valence-electron chi connectivity index (χ2n) is 5.99. The normalized spacial score (nSPS) is 11.0. The Kier molecular flexibility index (Phi) is 5.73. The van der Waals surface area contributed by atoms with E-state index in [0.29, 0.717) is 17.2 Å². The molecule has 0 saturated heterocycles. The van der Waals surface area contributed by atoms with Crippen molar-refractivity contribution in [2.45, 2.75) is 13.5 Å². The Balaban J connectivity index is 1.71. The summed E-state index contributed by atoms with van der Waals surface area (Å²) in [6.07, 6.45) is 1.82. The molecule has 0 aliphatic rings. The first-order valence-corrected chi connectivity index (χ1v) is 8.68. The van der Waals surface area contributed by atoms with Crippen molar-refractivity contribution in [3.63, 3.8) is 0 Å². The van der Waals surface area contributed by atoms with E-state index in [0.717, 1.165) is 22.4 Å². The summed E-state index contributed by atoms with van der Waals surface area (Å²) in [6.45, 7) is 2.59. The zero-order valence-corrected chi connectivity index (χ0v) is 15.2. The molecule has 3 rings (SSSR count). The molecular weight excluding hydrogens is 342 g/mol. The maximum atomic E-state index is 9.45. The van der Waals surface area contributed by atoms with Gasteiger partial charge in [0, 0.05) is 10.6 Å². The van der Waals surface area contributed by atoms with Gasteiger partial charge in [0.2, 0.25) is 0 Å². The summed E-state index contributed by atoms with van der Waals surface area (Å²) in [5.74, 6) is 0.791. The van der Waals surface area contributed by atoms with Gasteiger partial charge in [-0.2, -0.15) is 5.26 Å². The van der Waals surface area contributed by atoms with Crippen molar-refractivity contribution in [1.29, 1.82) is 5.26 Å². The lowest BCUT2D eigenvalue weighted by Gasteiger charge is -2.07. The molecule has 0 aromatic heterocycles. The Labute approximate surface area is 158 Å². The quantitative estimate of drug-likeness (QED) is 0.396. The van der Waals surface area contributed by atoms with Crippen LogP contribution in [-0.4, -0.2) is 0 Å². The average Bonchev–Trinajstić information content (AvgIpc) is 2.67. The van der Waals surface area contributed by atoms with Crippen LogP contribution in [0.5, 0.6) is 5.75 Å². The Morgan fingerprint density at radius 1 is 1.00 bits per heavy atom. The molecule has 128 valence electrons. The second-order valence-corrected chi connectivity index (χ2v) is 6.40. The van der Waals surface area contributed by atoms with Gasteiger partial charge in [0.25, 0.3) is 0 Å². The zero-order valence-electron chi connectivity index (χ0n) is 14.4. The number of halogens is 1. The van der Waals surface area contributed by atoms with Crippen LogP contribution in [0.25, 0.3) is 11.6 Å². The van der Waals surface area contributed by atoms with E-state index < -0.39 is 0 Å². The highest BCUT2D eigenvalue weighted by atomic mass is 35.5. The van der Waals surface area contributed by atoms with Gasteiger partial charge >= 0.3 is 0 Å². The Morgan fingerprint density at radius 3 is 2.35 bits per heavy atom. The summed E-state index contributed by atoms with van der Waals surface area (Å²) >= 11 is 6.19. The van der Waals surface area contributed by atoms with Gasteiger partial charge in [0.05, 0.1) is 11.6 Å². The fourth-order valence-electron chi connectivity index (χ4n) is 2.53. The highest BCUT2D eigenvalue weighted by molar-refractivity contribution is 6.32. The molecule has 0 unspecified atom stereocenters. The molecule has 0 aliphatic heterocycles. The SMILES string of the molecule is Cc1ccc(COc2ccc(C=C(C#N)c3ccccc3Cl)cc2)cc1. The number of nitriles is 1. The smallest absolute Gasteiger partial charge is 0.119 e.